The number of rotatable bonds is 5. The highest BCUT2D eigenvalue weighted by Crippen LogP contribution is 2.08. The Morgan fingerprint density at radius 2 is 1.81 bits per heavy atom. The molecule has 26 heavy (non-hydrogen) atoms. The van der Waals surface area contributed by atoms with Gasteiger partial charge in [-0.1, -0.05) is 30.3 Å². The molecule has 3 rings (SSSR count). The Morgan fingerprint density at radius 3 is 2.46 bits per heavy atom. The Bertz CT molecular complexity index is 833. The van der Waals surface area contributed by atoms with Gasteiger partial charge in [0.2, 0.25) is 0 Å². The predicted molar refractivity (Wildman–Crippen MR) is 110 cm³/mol. The largest absolute Gasteiger partial charge is 0.352 e. The molecule has 0 saturated heterocycles. The average Bonchev–Trinajstić information content (AvgIpc) is 3.18. The number of benzene rings is 2. The monoisotopic (exact) mass is 466 g/mol. The normalized spacial score (nSPS) is 10.9. The van der Waals surface area contributed by atoms with Gasteiger partial charge in [0.1, 0.15) is 18.5 Å². The lowest BCUT2D eigenvalue weighted by atomic mass is 10.2. The van der Waals surface area contributed by atoms with E-state index in [0.29, 0.717) is 24.6 Å². The fourth-order valence-electron chi connectivity index (χ4n) is 2.34. The maximum absolute atomic E-state index is 13.6. The fourth-order valence-corrected chi connectivity index (χ4v) is 2.34. The van der Waals surface area contributed by atoms with Crippen LogP contribution in [0.15, 0.2) is 66.2 Å². The van der Waals surface area contributed by atoms with E-state index in [-0.39, 0.29) is 29.8 Å². The van der Waals surface area contributed by atoms with Gasteiger partial charge in [-0.25, -0.2) is 14.1 Å². The van der Waals surface area contributed by atoms with Crippen LogP contribution in [0.1, 0.15) is 11.1 Å². The first kappa shape index (κ1) is 19.8. The molecule has 3 aromatic rings. The molecule has 6 nitrogen and oxygen atoms in total. The van der Waals surface area contributed by atoms with Gasteiger partial charge in [0.25, 0.3) is 0 Å². The van der Waals surface area contributed by atoms with Crippen molar-refractivity contribution in [1.29, 1.82) is 0 Å². The summed E-state index contributed by atoms with van der Waals surface area (Å²) >= 11 is 0. The van der Waals surface area contributed by atoms with E-state index in [2.05, 4.69) is 25.7 Å². The lowest BCUT2D eigenvalue weighted by Gasteiger charge is -2.12. The lowest BCUT2D eigenvalue weighted by Crippen LogP contribution is -2.36. The zero-order valence-corrected chi connectivity index (χ0v) is 16.6. The Morgan fingerprint density at radius 1 is 1.08 bits per heavy atom. The number of hydrogen-bond acceptors (Lipinski definition) is 3. The SMILES string of the molecule is CN=C(NCc1ccc(-n2cncn2)cc1)NCc1ccccc1F.I. The number of nitrogens with one attached hydrogen (secondary N) is 2. The summed E-state index contributed by atoms with van der Waals surface area (Å²) in [6.07, 6.45) is 3.16. The van der Waals surface area contributed by atoms with Gasteiger partial charge in [-0.15, -0.1) is 24.0 Å². The number of hydrogen-bond donors (Lipinski definition) is 2. The molecule has 0 fully saturated rings. The smallest absolute Gasteiger partial charge is 0.191 e. The van der Waals surface area contributed by atoms with E-state index < -0.39 is 0 Å². The van der Waals surface area contributed by atoms with Gasteiger partial charge >= 0.3 is 0 Å². The van der Waals surface area contributed by atoms with E-state index in [9.17, 15) is 4.39 Å². The predicted octanol–water partition coefficient (Wildman–Crippen LogP) is 2.89. The highest BCUT2D eigenvalue weighted by molar-refractivity contribution is 14.0. The summed E-state index contributed by atoms with van der Waals surface area (Å²) in [6, 6.07) is 14.6. The minimum atomic E-state index is -0.228. The molecule has 2 aromatic carbocycles. The number of halogens is 2. The van der Waals surface area contributed by atoms with Crippen LogP contribution in [-0.4, -0.2) is 27.8 Å². The van der Waals surface area contributed by atoms with Gasteiger partial charge in [-0.3, -0.25) is 4.99 Å². The molecular weight excluding hydrogens is 446 g/mol. The Labute approximate surface area is 168 Å². The van der Waals surface area contributed by atoms with E-state index in [1.807, 2.05) is 30.3 Å². The molecule has 0 aliphatic carbocycles. The summed E-state index contributed by atoms with van der Waals surface area (Å²) < 4.78 is 15.3. The molecule has 8 heteroatoms. The van der Waals surface area contributed by atoms with Crippen molar-refractivity contribution in [2.75, 3.05) is 7.05 Å². The molecule has 136 valence electrons. The summed E-state index contributed by atoms with van der Waals surface area (Å²) in [7, 11) is 1.69. The third-order valence-electron chi connectivity index (χ3n) is 3.71. The molecule has 0 bridgehead atoms. The molecule has 1 aromatic heterocycles. The first-order chi connectivity index (χ1) is 12.3. The van der Waals surface area contributed by atoms with Crippen molar-refractivity contribution in [3.8, 4) is 5.69 Å². The highest BCUT2D eigenvalue weighted by Gasteiger charge is 2.03. The van der Waals surface area contributed by atoms with Crippen LogP contribution < -0.4 is 10.6 Å². The summed E-state index contributed by atoms with van der Waals surface area (Å²) in [5.74, 6) is 0.387. The molecular formula is C18H20FIN6. The van der Waals surface area contributed by atoms with Crippen LogP contribution in [0.3, 0.4) is 0 Å². The molecule has 0 saturated carbocycles. The first-order valence-corrected chi connectivity index (χ1v) is 7.88. The van der Waals surface area contributed by atoms with Gasteiger partial charge in [0, 0.05) is 25.7 Å². The Hall–Kier alpha value is -2.49. The van der Waals surface area contributed by atoms with Crippen molar-refractivity contribution < 1.29 is 4.39 Å². The van der Waals surface area contributed by atoms with Crippen LogP contribution in [0.4, 0.5) is 4.39 Å². The molecule has 0 unspecified atom stereocenters. The zero-order chi connectivity index (χ0) is 17.5. The van der Waals surface area contributed by atoms with Gasteiger partial charge in [-0.2, -0.15) is 5.10 Å². The van der Waals surface area contributed by atoms with E-state index >= 15 is 0 Å². The van der Waals surface area contributed by atoms with Crippen LogP contribution >= 0.6 is 24.0 Å². The number of guanidine groups is 1. The minimum absolute atomic E-state index is 0. The van der Waals surface area contributed by atoms with Crippen molar-refractivity contribution in [3.63, 3.8) is 0 Å². The topological polar surface area (TPSA) is 67.1 Å². The van der Waals surface area contributed by atoms with Gasteiger partial charge in [0.15, 0.2) is 5.96 Å². The Balaban J connectivity index is 0.00000243. The van der Waals surface area contributed by atoms with E-state index in [0.717, 1.165) is 11.3 Å². The van der Waals surface area contributed by atoms with Crippen molar-refractivity contribution in [2.45, 2.75) is 13.1 Å². The summed E-state index contributed by atoms with van der Waals surface area (Å²) in [4.78, 5) is 8.09. The maximum Gasteiger partial charge on any atom is 0.191 e. The quantitative estimate of drug-likeness (QED) is 0.345. The first-order valence-electron chi connectivity index (χ1n) is 7.88. The molecule has 0 spiro atoms. The molecule has 0 aliphatic rings. The standard InChI is InChI=1S/C18H19FN6.HI/c1-20-18(23-11-15-4-2-3-5-17(15)19)22-10-14-6-8-16(9-7-14)25-13-21-12-24-25;/h2-9,12-13H,10-11H2,1H3,(H2,20,22,23);1H. The van der Waals surface area contributed by atoms with Crippen LogP contribution in [0.2, 0.25) is 0 Å². The summed E-state index contributed by atoms with van der Waals surface area (Å²) in [5, 5.41) is 10.4. The van der Waals surface area contributed by atoms with E-state index in [1.165, 1.54) is 12.4 Å². The molecule has 2 N–H and O–H groups in total. The van der Waals surface area contributed by atoms with Crippen LogP contribution in [0.25, 0.3) is 5.69 Å². The number of aromatic nitrogens is 3. The van der Waals surface area contributed by atoms with Crippen LogP contribution in [0.5, 0.6) is 0 Å². The minimum Gasteiger partial charge on any atom is -0.352 e. The van der Waals surface area contributed by atoms with Gasteiger partial charge in [0.05, 0.1) is 5.69 Å². The third kappa shape index (κ3) is 5.25. The summed E-state index contributed by atoms with van der Waals surface area (Å²) in [6.45, 7) is 0.978. The van der Waals surface area contributed by atoms with Crippen molar-refractivity contribution in [3.05, 3.63) is 78.1 Å². The average molecular weight is 466 g/mol. The molecule has 0 amide bonds. The van der Waals surface area contributed by atoms with Crippen molar-refractivity contribution >= 4 is 29.9 Å². The van der Waals surface area contributed by atoms with Crippen LogP contribution in [0, 0.1) is 5.82 Å². The van der Waals surface area contributed by atoms with Crippen LogP contribution in [-0.2, 0) is 13.1 Å². The second-order valence-corrected chi connectivity index (χ2v) is 5.38. The second kappa shape index (κ2) is 9.85. The van der Waals surface area contributed by atoms with Gasteiger partial charge in [-0.05, 0) is 23.8 Å². The van der Waals surface area contributed by atoms with E-state index in [1.54, 1.807) is 30.2 Å². The zero-order valence-electron chi connectivity index (χ0n) is 14.3. The third-order valence-corrected chi connectivity index (χ3v) is 3.71. The van der Waals surface area contributed by atoms with Crippen molar-refractivity contribution in [2.24, 2.45) is 4.99 Å². The lowest BCUT2D eigenvalue weighted by molar-refractivity contribution is 0.604. The second-order valence-electron chi connectivity index (χ2n) is 5.38. The molecule has 0 radical (unpaired) electrons. The molecule has 0 atom stereocenters. The fraction of sp³-hybridized carbons (Fsp3) is 0.167. The summed E-state index contributed by atoms with van der Waals surface area (Å²) in [5.41, 5.74) is 2.64. The maximum atomic E-state index is 13.6. The Kier molecular flexibility index (Phi) is 7.52. The number of aliphatic imine (C=N–C) groups is 1. The van der Waals surface area contributed by atoms with Gasteiger partial charge < -0.3 is 10.6 Å². The molecule has 0 aliphatic heterocycles. The van der Waals surface area contributed by atoms with Crippen molar-refractivity contribution in [1.82, 2.24) is 25.4 Å². The van der Waals surface area contributed by atoms with E-state index in [4.69, 9.17) is 0 Å². The highest BCUT2D eigenvalue weighted by atomic mass is 127. The molecule has 1 heterocycles. The number of nitrogens with zero attached hydrogens (tertiary/aromatic N) is 4.